The van der Waals surface area contributed by atoms with E-state index in [1.165, 1.54) is 0 Å². The fourth-order valence-electron chi connectivity index (χ4n) is 2.30. The second-order valence-corrected chi connectivity index (χ2v) is 4.74. The number of fused-ring (bicyclic) bond motifs is 1. The summed E-state index contributed by atoms with van der Waals surface area (Å²) in [7, 11) is 0. The zero-order chi connectivity index (χ0) is 13.6. The Balaban J connectivity index is 1.46. The van der Waals surface area contributed by atoms with E-state index in [0.717, 1.165) is 43.1 Å². The molecule has 2 aromatic rings. The maximum absolute atomic E-state index is 5.69. The number of hydrogen-bond donors (Lipinski definition) is 1. The van der Waals surface area contributed by atoms with Crippen molar-refractivity contribution in [2.75, 3.05) is 19.8 Å². The average Bonchev–Trinajstić information content (AvgIpc) is 3.00. The lowest BCUT2D eigenvalue weighted by atomic mass is 10.1. The maximum Gasteiger partial charge on any atom is 0.165 e. The van der Waals surface area contributed by atoms with Crippen LogP contribution in [0, 0.1) is 0 Å². The summed E-state index contributed by atoms with van der Waals surface area (Å²) >= 11 is 0. The minimum atomic E-state index is 0.628. The van der Waals surface area contributed by atoms with Crippen molar-refractivity contribution in [3.8, 4) is 11.5 Å². The van der Waals surface area contributed by atoms with E-state index in [4.69, 9.17) is 9.47 Å². The number of ether oxygens (including phenoxy) is 2. The molecule has 1 N–H and O–H groups in total. The predicted octanol–water partition coefficient (Wildman–Crippen LogP) is 1.83. The molecule has 0 aliphatic carbocycles. The van der Waals surface area contributed by atoms with E-state index in [-0.39, 0.29) is 0 Å². The SMILES string of the molecule is c1cc(CNCCCn2cccn2)c2c(c1)OCCO2. The molecule has 1 aliphatic heterocycles. The van der Waals surface area contributed by atoms with Gasteiger partial charge in [-0.15, -0.1) is 0 Å². The highest BCUT2D eigenvalue weighted by molar-refractivity contribution is 5.47. The lowest BCUT2D eigenvalue weighted by Gasteiger charge is -2.21. The van der Waals surface area contributed by atoms with Crippen LogP contribution >= 0.6 is 0 Å². The third kappa shape index (κ3) is 3.11. The van der Waals surface area contributed by atoms with Crippen molar-refractivity contribution in [2.45, 2.75) is 19.5 Å². The van der Waals surface area contributed by atoms with Crippen LogP contribution < -0.4 is 14.8 Å². The van der Waals surface area contributed by atoms with Gasteiger partial charge >= 0.3 is 0 Å². The van der Waals surface area contributed by atoms with E-state index in [1.54, 1.807) is 6.20 Å². The Kier molecular flexibility index (Phi) is 4.18. The van der Waals surface area contributed by atoms with Gasteiger partial charge in [0.05, 0.1) is 0 Å². The maximum atomic E-state index is 5.69. The van der Waals surface area contributed by atoms with Gasteiger partial charge in [0.1, 0.15) is 13.2 Å². The molecule has 5 heteroatoms. The Hall–Kier alpha value is -2.01. The monoisotopic (exact) mass is 273 g/mol. The molecular formula is C15H19N3O2. The molecule has 0 fully saturated rings. The topological polar surface area (TPSA) is 48.3 Å². The Morgan fingerprint density at radius 2 is 2.15 bits per heavy atom. The van der Waals surface area contributed by atoms with Crippen LogP contribution in [0.15, 0.2) is 36.7 Å². The van der Waals surface area contributed by atoms with Crippen LogP contribution in [0.2, 0.25) is 0 Å². The summed E-state index contributed by atoms with van der Waals surface area (Å²) in [4.78, 5) is 0. The van der Waals surface area contributed by atoms with Crippen molar-refractivity contribution in [3.63, 3.8) is 0 Å². The van der Waals surface area contributed by atoms with Gasteiger partial charge in [-0.3, -0.25) is 4.68 Å². The molecule has 20 heavy (non-hydrogen) atoms. The standard InChI is InChI=1S/C15H19N3O2/c1-4-13(15-14(5-1)19-10-11-20-15)12-16-6-2-8-18-9-3-7-17-18/h1,3-5,7,9,16H,2,6,8,10-12H2. The number of aromatic nitrogens is 2. The zero-order valence-corrected chi connectivity index (χ0v) is 11.4. The number of aryl methyl sites for hydroxylation is 1. The summed E-state index contributed by atoms with van der Waals surface area (Å²) in [6, 6.07) is 7.99. The van der Waals surface area contributed by atoms with E-state index in [9.17, 15) is 0 Å². The highest BCUT2D eigenvalue weighted by Crippen LogP contribution is 2.33. The molecule has 3 rings (SSSR count). The minimum Gasteiger partial charge on any atom is -0.486 e. The van der Waals surface area contributed by atoms with Crippen molar-refractivity contribution in [2.24, 2.45) is 0 Å². The summed E-state index contributed by atoms with van der Waals surface area (Å²) < 4.78 is 13.2. The fraction of sp³-hybridized carbons (Fsp3) is 0.400. The van der Waals surface area contributed by atoms with Crippen LogP contribution in [0.4, 0.5) is 0 Å². The molecule has 0 amide bonds. The first-order chi connectivity index (χ1) is 9.93. The van der Waals surface area contributed by atoms with Crippen molar-refractivity contribution >= 4 is 0 Å². The fourth-order valence-corrected chi connectivity index (χ4v) is 2.30. The molecular weight excluding hydrogens is 254 g/mol. The average molecular weight is 273 g/mol. The lowest BCUT2D eigenvalue weighted by molar-refractivity contribution is 0.169. The van der Waals surface area contributed by atoms with Gasteiger partial charge in [-0.1, -0.05) is 12.1 Å². The Morgan fingerprint density at radius 3 is 3.05 bits per heavy atom. The summed E-state index contributed by atoms with van der Waals surface area (Å²) in [5, 5.41) is 7.62. The number of rotatable bonds is 6. The molecule has 1 aromatic carbocycles. The smallest absolute Gasteiger partial charge is 0.165 e. The van der Waals surface area contributed by atoms with Gasteiger partial charge in [0.2, 0.25) is 0 Å². The number of nitrogens with zero attached hydrogens (tertiary/aromatic N) is 2. The molecule has 1 aliphatic rings. The summed E-state index contributed by atoms with van der Waals surface area (Å²) in [5.41, 5.74) is 1.15. The lowest BCUT2D eigenvalue weighted by Crippen LogP contribution is -2.20. The number of nitrogens with one attached hydrogen (secondary N) is 1. The number of hydrogen-bond acceptors (Lipinski definition) is 4. The van der Waals surface area contributed by atoms with Crippen LogP contribution in [-0.2, 0) is 13.1 Å². The van der Waals surface area contributed by atoms with E-state index in [1.807, 2.05) is 29.1 Å². The zero-order valence-electron chi connectivity index (χ0n) is 11.4. The van der Waals surface area contributed by atoms with Gasteiger partial charge in [-0.2, -0.15) is 5.10 Å². The highest BCUT2D eigenvalue weighted by Gasteiger charge is 2.14. The third-order valence-electron chi connectivity index (χ3n) is 3.26. The summed E-state index contributed by atoms with van der Waals surface area (Å²) in [5.74, 6) is 1.74. The predicted molar refractivity (Wildman–Crippen MR) is 76.0 cm³/mol. The quantitative estimate of drug-likeness (QED) is 0.816. The molecule has 2 heterocycles. The first-order valence-electron chi connectivity index (χ1n) is 6.99. The van der Waals surface area contributed by atoms with Gasteiger partial charge in [0.25, 0.3) is 0 Å². The Bertz CT molecular complexity index is 540. The molecule has 1 aromatic heterocycles. The molecule has 0 saturated heterocycles. The van der Waals surface area contributed by atoms with Crippen LogP contribution in [-0.4, -0.2) is 29.5 Å². The molecule has 106 valence electrons. The van der Waals surface area contributed by atoms with Crippen LogP contribution in [0.3, 0.4) is 0 Å². The molecule has 0 unspecified atom stereocenters. The first kappa shape index (κ1) is 13.0. The van der Waals surface area contributed by atoms with E-state index >= 15 is 0 Å². The van der Waals surface area contributed by atoms with Crippen molar-refractivity contribution < 1.29 is 9.47 Å². The minimum absolute atomic E-state index is 0.628. The second-order valence-electron chi connectivity index (χ2n) is 4.74. The molecule has 0 spiro atoms. The Morgan fingerprint density at radius 1 is 1.20 bits per heavy atom. The summed E-state index contributed by atoms with van der Waals surface area (Å²) in [6.45, 7) is 3.94. The van der Waals surface area contributed by atoms with Crippen molar-refractivity contribution in [1.82, 2.24) is 15.1 Å². The van der Waals surface area contributed by atoms with Crippen molar-refractivity contribution in [1.29, 1.82) is 0 Å². The second kappa shape index (κ2) is 6.43. The van der Waals surface area contributed by atoms with Gasteiger partial charge in [-0.25, -0.2) is 0 Å². The molecule has 5 nitrogen and oxygen atoms in total. The summed E-state index contributed by atoms with van der Waals surface area (Å²) in [6.07, 6.45) is 4.84. The first-order valence-corrected chi connectivity index (χ1v) is 6.99. The van der Waals surface area contributed by atoms with Gasteiger partial charge < -0.3 is 14.8 Å². The van der Waals surface area contributed by atoms with E-state index < -0.39 is 0 Å². The van der Waals surface area contributed by atoms with Crippen LogP contribution in [0.1, 0.15) is 12.0 Å². The largest absolute Gasteiger partial charge is 0.486 e. The Labute approximate surface area is 118 Å². The molecule has 0 atom stereocenters. The van der Waals surface area contributed by atoms with Gasteiger partial charge in [0, 0.05) is 31.0 Å². The van der Waals surface area contributed by atoms with Gasteiger partial charge in [0.15, 0.2) is 11.5 Å². The van der Waals surface area contributed by atoms with E-state index in [2.05, 4.69) is 16.5 Å². The molecule has 0 bridgehead atoms. The van der Waals surface area contributed by atoms with Crippen molar-refractivity contribution in [3.05, 3.63) is 42.2 Å². The van der Waals surface area contributed by atoms with Crippen LogP contribution in [0.25, 0.3) is 0 Å². The normalized spacial score (nSPS) is 13.4. The molecule has 0 saturated carbocycles. The number of benzene rings is 1. The van der Waals surface area contributed by atoms with Gasteiger partial charge in [-0.05, 0) is 25.1 Å². The highest BCUT2D eigenvalue weighted by atomic mass is 16.6. The third-order valence-corrected chi connectivity index (χ3v) is 3.26. The number of para-hydroxylation sites is 1. The van der Waals surface area contributed by atoms with Crippen LogP contribution in [0.5, 0.6) is 11.5 Å². The van der Waals surface area contributed by atoms with E-state index in [0.29, 0.717) is 13.2 Å². The molecule has 0 radical (unpaired) electrons.